The molecule has 1 aromatic carbocycles. The summed E-state index contributed by atoms with van der Waals surface area (Å²) in [6.07, 6.45) is -1.37. The quantitative estimate of drug-likeness (QED) is 0.688. The van der Waals surface area contributed by atoms with E-state index in [1.54, 1.807) is 6.92 Å². The number of fused-ring (bicyclic) bond motifs is 1. The molecule has 2 saturated heterocycles. The molecule has 0 aromatic heterocycles. The number of hydrogen-bond donors (Lipinski definition) is 1. The first kappa shape index (κ1) is 20.0. The van der Waals surface area contributed by atoms with Crippen LogP contribution in [0.3, 0.4) is 0 Å². The summed E-state index contributed by atoms with van der Waals surface area (Å²) in [5.41, 5.74) is 1.04. The van der Waals surface area contributed by atoms with Crippen molar-refractivity contribution in [3.8, 4) is 0 Å². The monoisotopic (exact) mass is 386 g/mol. The van der Waals surface area contributed by atoms with Crippen LogP contribution in [-0.2, 0) is 34.6 Å². The minimum absolute atomic E-state index is 0.000460. The zero-order valence-electron chi connectivity index (χ0n) is 15.4. The van der Waals surface area contributed by atoms with Gasteiger partial charge in [-0.3, -0.25) is 4.57 Å². The fraction of sp³-hybridized carbons (Fsp3) is 0.667. The Kier molecular flexibility index (Phi) is 6.19. The van der Waals surface area contributed by atoms with Crippen molar-refractivity contribution in [1.29, 1.82) is 0 Å². The van der Waals surface area contributed by atoms with Gasteiger partial charge in [0.15, 0.2) is 12.1 Å². The standard InChI is InChI=1S/C18H27O7P/c1-4-22-26(19,20)11-10-14-15(21-12-13-8-6-5-7-9-13)16-17(23-14)25-18(2,3)24-16/h5-9,14-17H,4,10-12H2,1-3H3,(H,19,20)/t14-,15+,16?,17-/m1/s1. The van der Waals surface area contributed by atoms with E-state index in [4.69, 9.17) is 23.5 Å². The lowest BCUT2D eigenvalue weighted by Gasteiger charge is -2.26. The van der Waals surface area contributed by atoms with Gasteiger partial charge in [0.1, 0.15) is 12.2 Å². The Morgan fingerprint density at radius 3 is 2.65 bits per heavy atom. The van der Waals surface area contributed by atoms with E-state index in [9.17, 15) is 9.46 Å². The molecule has 1 N–H and O–H groups in total. The predicted octanol–water partition coefficient (Wildman–Crippen LogP) is 3.06. The van der Waals surface area contributed by atoms with E-state index in [0.717, 1.165) is 5.56 Å². The molecule has 0 amide bonds. The van der Waals surface area contributed by atoms with Gasteiger partial charge in [-0.15, -0.1) is 0 Å². The van der Waals surface area contributed by atoms with Crippen molar-refractivity contribution in [2.24, 2.45) is 0 Å². The number of benzene rings is 1. The van der Waals surface area contributed by atoms with Gasteiger partial charge in [-0.1, -0.05) is 30.3 Å². The van der Waals surface area contributed by atoms with Gasteiger partial charge in [0, 0.05) is 0 Å². The normalized spacial score (nSPS) is 32.3. The van der Waals surface area contributed by atoms with Gasteiger partial charge >= 0.3 is 7.60 Å². The van der Waals surface area contributed by atoms with Gasteiger partial charge in [0.2, 0.25) is 0 Å². The smallest absolute Gasteiger partial charge is 0.328 e. The summed E-state index contributed by atoms with van der Waals surface area (Å²) in [6, 6.07) is 9.81. The first-order chi connectivity index (χ1) is 12.3. The highest BCUT2D eigenvalue weighted by molar-refractivity contribution is 7.52. The first-order valence-corrected chi connectivity index (χ1v) is 10.7. The summed E-state index contributed by atoms with van der Waals surface area (Å²) in [5.74, 6) is -0.744. The van der Waals surface area contributed by atoms with Gasteiger partial charge in [0.05, 0.1) is 25.5 Å². The van der Waals surface area contributed by atoms with Crippen molar-refractivity contribution >= 4 is 7.60 Å². The number of ether oxygens (including phenoxy) is 4. The highest BCUT2D eigenvalue weighted by Gasteiger charge is 2.55. The molecule has 0 radical (unpaired) electrons. The minimum Gasteiger partial charge on any atom is -0.368 e. The van der Waals surface area contributed by atoms with Gasteiger partial charge in [-0.25, -0.2) is 0 Å². The van der Waals surface area contributed by atoms with Crippen LogP contribution in [0.2, 0.25) is 0 Å². The first-order valence-electron chi connectivity index (χ1n) is 8.93. The Labute approximate surface area is 154 Å². The summed E-state index contributed by atoms with van der Waals surface area (Å²) < 4.78 is 40.7. The van der Waals surface area contributed by atoms with Crippen molar-refractivity contribution in [2.45, 2.75) is 64.2 Å². The van der Waals surface area contributed by atoms with E-state index in [2.05, 4.69) is 0 Å². The Morgan fingerprint density at radius 2 is 1.96 bits per heavy atom. The van der Waals surface area contributed by atoms with E-state index < -0.39 is 25.8 Å². The van der Waals surface area contributed by atoms with Crippen LogP contribution in [0.15, 0.2) is 30.3 Å². The van der Waals surface area contributed by atoms with Crippen LogP contribution in [0.4, 0.5) is 0 Å². The maximum atomic E-state index is 12.0. The average Bonchev–Trinajstić information content (AvgIpc) is 3.03. The molecule has 0 spiro atoms. The molecule has 2 aliphatic rings. The molecule has 2 aliphatic heterocycles. The topological polar surface area (TPSA) is 83.5 Å². The van der Waals surface area contributed by atoms with Crippen LogP contribution in [0, 0.1) is 0 Å². The third kappa shape index (κ3) is 4.93. The Bertz CT molecular complexity index is 636. The molecular formula is C18H27O7P. The van der Waals surface area contributed by atoms with Crippen molar-refractivity contribution in [1.82, 2.24) is 0 Å². The second kappa shape index (κ2) is 8.07. The molecule has 1 aromatic rings. The predicted molar refractivity (Wildman–Crippen MR) is 94.7 cm³/mol. The second-order valence-electron chi connectivity index (χ2n) is 6.97. The largest absolute Gasteiger partial charge is 0.368 e. The van der Waals surface area contributed by atoms with Crippen molar-refractivity contribution in [3.05, 3.63) is 35.9 Å². The summed E-state index contributed by atoms with van der Waals surface area (Å²) >= 11 is 0. The van der Waals surface area contributed by atoms with E-state index >= 15 is 0 Å². The van der Waals surface area contributed by atoms with Gasteiger partial charge in [-0.2, -0.15) is 0 Å². The van der Waals surface area contributed by atoms with Gasteiger partial charge < -0.3 is 28.4 Å². The summed E-state index contributed by atoms with van der Waals surface area (Å²) in [6.45, 7) is 5.94. The number of hydrogen-bond acceptors (Lipinski definition) is 6. The molecule has 7 nitrogen and oxygen atoms in total. The summed E-state index contributed by atoms with van der Waals surface area (Å²) in [4.78, 5) is 9.83. The van der Waals surface area contributed by atoms with E-state index in [1.807, 2.05) is 44.2 Å². The van der Waals surface area contributed by atoms with E-state index in [0.29, 0.717) is 13.0 Å². The zero-order valence-corrected chi connectivity index (χ0v) is 16.3. The maximum Gasteiger partial charge on any atom is 0.328 e. The SMILES string of the molecule is CCOP(=O)(O)CC[C@H]1O[C@@H]2OC(C)(C)OC2[C@H]1OCc1ccccc1. The molecule has 26 heavy (non-hydrogen) atoms. The summed E-state index contributed by atoms with van der Waals surface area (Å²) in [7, 11) is -3.62. The molecule has 8 heteroatoms. The zero-order chi connectivity index (χ0) is 18.8. The lowest BCUT2D eigenvalue weighted by atomic mass is 10.1. The molecule has 2 unspecified atom stereocenters. The van der Waals surface area contributed by atoms with Gasteiger partial charge in [-0.05, 0) is 32.8 Å². The second-order valence-corrected chi connectivity index (χ2v) is 8.95. The Morgan fingerprint density at radius 1 is 1.23 bits per heavy atom. The molecule has 2 heterocycles. The van der Waals surface area contributed by atoms with Crippen LogP contribution < -0.4 is 0 Å². The third-order valence-electron chi connectivity index (χ3n) is 4.40. The molecule has 0 bridgehead atoms. The lowest BCUT2D eigenvalue weighted by molar-refractivity contribution is -0.219. The Hall–Kier alpha value is -0.790. The van der Waals surface area contributed by atoms with E-state index in [1.165, 1.54) is 0 Å². The van der Waals surface area contributed by atoms with Crippen molar-refractivity contribution < 1.29 is 32.9 Å². The van der Waals surface area contributed by atoms with Crippen molar-refractivity contribution in [3.63, 3.8) is 0 Å². The molecule has 0 aliphatic carbocycles. The average molecular weight is 386 g/mol. The highest BCUT2D eigenvalue weighted by atomic mass is 31.2. The molecule has 2 fully saturated rings. The highest BCUT2D eigenvalue weighted by Crippen LogP contribution is 2.45. The lowest BCUT2D eigenvalue weighted by Crippen LogP contribution is -2.37. The summed E-state index contributed by atoms with van der Waals surface area (Å²) in [5, 5.41) is 0. The van der Waals surface area contributed by atoms with Crippen LogP contribution in [0.5, 0.6) is 0 Å². The van der Waals surface area contributed by atoms with Crippen molar-refractivity contribution in [2.75, 3.05) is 12.8 Å². The van der Waals surface area contributed by atoms with Crippen LogP contribution >= 0.6 is 7.60 Å². The fourth-order valence-electron chi connectivity index (χ4n) is 3.30. The van der Waals surface area contributed by atoms with Gasteiger partial charge in [0.25, 0.3) is 0 Å². The van der Waals surface area contributed by atoms with Crippen LogP contribution in [0.25, 0.3) is 0 Å². The molecule has 5 atom stereocenters. The minimum atomic E-state index is -3.62. The fourth-order valence-corrected chi connectivity index (χ4v) is 4.42. The van der Waals surface area contributed by atoms with Crippen LogP contribution in [0.1, 0.15) is 32.8 Å². The van der Waals surface area contributed by atoms with Crippen LogP contribution in [-0.4, -0.2) is 48.1 Å². The molecular weight excluding hydrogens is 359 g/mol. The van der Waals surface area contributed by atoms with E-state index in [-0.39, 0.29) is 25.0 Å². The molecule has 0 saturated carbocycles. The number of rotatable bonds is 8. The molecule has 3 rings (SSSR count). The third-order valence-corrected chi connectivity index (χ3v) is 5.88. The Balaban J connectivity index is 1.66. The maximum absolute atomic E-state index is 12.0. The molecule has 146 valence electrons.